The molecule has 0 aliphatic carbocycles. The molecule has 0 saturated heterocycles. The molecule has 0 aliphatic rings. The van der Waals surface area contributed by atoms with Crippen LogP contribution in [0.2, 0.25) is 0 Å². The van der Waals surface area contributed by atoms with Crippen LogP contribution in [0.1, 0.15) is 40.7 Å². The molecule has 0 saturated carbocycles. The van der Waals surface area contributed by atoms with Crippen molar-refractivity contribution < 1.29 is 4.79 Å². The third-order valence-corrected chi connectivity index (χ3v) is 3.82. The van der Waals surface area contributed by atoms with Gasteiger partial charge in [-0.15, -0.1) is 0 Å². The summed E-state index contributed by atoms with van der Waals surface area (Å²) in [5.74, 6) is 6.94. The number of benzene rings is 1. The van der Waals surface area contributed by atoms with E-state index in [-0.39, 0.29) is 5.91 Å². The fourth-order valence-electron chi connectivity index (χ4n) is 1.94. The number of hydrogen-bond acceptors (Lipinski definition) is 3. The zero-order valence-corrected chi connectivity index (χ0v) is 13.7. The van der Waals surface area contributed by atoms with Gasteiger partial charge in [-0.3, -0.25) is 4.79 Å². The van der Waals surface area contributed by atoms with Crippen LogP contribution in [0.3, 0.4) is 0 Å². The summed E-state index contributed by atoms with van der Waals surface area (Å²) in [5, 5.41) is 2.98. The zero-order chi connectivity index (χ0) is 15.5. The van der Waals surface area contributed by atoms with Crippen molar-refractivity contribution >= 4 is 17.7 Å². The number of aryl methyl sites for hydroxylation is 1. The smallest absolute Gasteiger partial charge is 0.251 e. The molecule has 1 rings (SSSR count). The molecule has 0 aliphatic heterocycles. The zero-order valence-electron chi connectivity index (χ0n) is 12.9. The molecular weight excluding hydrogens is 280 g/mol. The Kier molecular flexibility index (Phi) is 8.65. The van der Waals surface area contributed by atoms with E-state index in [1.807, 2.05) is 36.9 Å². The van der Waals surface area contributed by atoms with E-state index >= 15 is 0 Å². The molecule has 1 aromatic carbocycles. The highest BCUT2D eigenvalue weighted by molar-refractivity contribution is 7.98. The highest BCUT2D eigenvalue weighted by Crippen LogP contribution is 2.11. The van der Waals surface area contributed by atoms with Crippen LogP contribution in [0, 0.1) is 18.8 Å². The number of carbonyl (C=O) groups excluding carboxylic acids is 1. The maximum atomic E-state index is 12.2. The molecule has 1 aromatic rings. The van der Waals surface area contributed by atoms with Crippen molar-refractivity contribution in [3.05, 3.63) is 34.9 Å². The summed E-state index contributed by atoms with van der Waals surface area (Å²) in [6.45, 7) is 2.99. The molecule has 0 radical (unpaired) electrons. The summed E-state index contributed by atoms with van der Waals surface area (Å²) in [6.07, 6.45) is 5.51. The Hall–Kier alpha value is -1.44. The van der Waals surface area contributed by atoms with Crippen molar-refractivity contribution in [2.75, 3.05) is 25.1 Å². The number of thioether (sulfide) groups is 1. The van der Waals surface area contributed by atoms with Crippen molar-refractivity contribution in [1.29, 1.82) is 0 Å². The van der Waals surface area contributed by atoms with Gasteiger partial charge in [0.05, 0.1) is 6.54 Å². The van der Waals surface area contributed by atoms with E-state index in [0.717, 1.165) is 30.5 Å². The molecule has 0 heterocycles. The minimum absolute atomic E-state index is 0.0197. The van der Waals surface area contributed by atoms with E-state index in [1.54, 1.807) is 0 Å². The van der Waals surface area contributed by atoms with Crippen LogP contribution in [-0.4, -0.2) is 31.0 Å². The van der Waals surface area contributed by atoms with Gasteiger partial charge in [0.1, 0.15) is 0 Å². The summed E-state index contributed by atoms with van der Waals surface area (Å²) in [5.41, 5.74) is 7.86. The fourth-order valence-corrected chi connectivity index (χ4v) is 2.44. The van der Waals surface area contributed by atoms with E-state index < -0.39 is 0 Å². The minimum Gasteiger partial charge on any atom is -0.352 e. The van der Waals surface area contributed by atoms with E-state index in [0.29, 0.717) is 12.1 Å². The van der Waals surface area contributed by atoms with Crippen molar-refractivity contribution in [2.45, 2.75) is 26.2 Å². The van der Waals surface area contributed by atoms with Crippen molar-refractivity contribution in [3.63, 3.8) is 0 Å². The number of rotatable bonds is 7. The molecule has 0 spiro atoms. The number of nitrogens with two attached hydrogens (primary N) is 1. The topological polar surface area (TPSA) is 55.1 Å². The van der Waals surface area contributed by atoms with Gasteiger partial charge in [0, 0.05) is 17.7 Å². The Balaban J connectivity index is 2.53. The van der Waals surface area contributed by atoms with Crippen LogP contribution in [0.5, 0.6) is 0 Å². The molecule has 4 heteroatoms. The van der Waals surface area contributed by atoms with Gasteiger partial charge in [0.15, 0.2) is 0 Å². The molecule has 0 aromatic heterocycles. The highest BCUT2D eigenvalue weighted by Gasteiger charge is 2.08. The summed E-state index contributed by atoms with van der Waals surface area (Å²) < 4.78 is 0. The highest BCUT2D eigenvalue weighted by atomic mass is 32.2. The third kappa shape index (κ3) is 6.70. The number of unbranched alkanes of at least 4 members (excludes halogenated alkanes) is 2. The van der Waals surface area contributed by atoms with Gasteiger partial charge < -0.3 is 11.1 Å². The Bertz CT molecular complexity index is 517. The number of hydrogen-bond donors (Lipinski definition) is 2. The lowest BCUT2D eigenvalue weighted by molar-refractivity contribution is 0.0952. The number of amides is 1. The first kappa shape index (κ1) is 17.6. The standard InChI is InChI=1S/C17H24N2OS/c1-14-8-9-15(7-6-10-18)13-16(14)17(20)19-11-4-3-5-12-21-2/h8-9,13H,3-5,10-12,18H2,1-2H3,(H,19,20). The first-order valence-electron chi connectivity index (χ1n) is 7.25. The average molecular weight is 304 g/mol. The Morgan fingerprint density at radius 1 is 1.33 bits per heavy atom. The van der Waals surface area contributed by atoms with Crippen LogP contribution in [-0.2, 0) is 0 Å². The number of nitrogens with one attached hydrogen (secondary N) is 1. The molecular formula is C17H24N2OS. The van der Waals surface area contributed by atoms with Crippen molar-refractivity contribution in [2.24, 2.45) is 5.73 Å². The monoisotopic (exact) mass is 304 g/mol. The molecule has 1 amide bonds. The van der Waals surface area contributed by atoms with E-state index in [4.69, 9.17) is 5.73 Å². The minimum atomic E-state index is -0.0197. The third-order valence-electron chi connectivity index (χ3n) is 3.13. The summed E-state index contributed by atoms with van der Waals surface area (Å²) in [4.78, 5) is 12.2. The van der Waals surface area contributed by atoms with Crippen molar-refractivity contribution in [1.82, 2.24) is 5.32 Å². The first-order chi connectivity index (χ1) is 10.2. The van der Waals surface area contributed by atoms with Crippen LogP contribution >= 0.6 is 11.8 Å². The fraction of sp³-hybridized carbons (Fsp3) is 0.471. The predicted molar refractivity (Wildman–Crippen MR) is 91.7 cm³/mol. The molecule has 0 unspecified atom stereocenters. The second kappa shape index (κ2) is 10.3. The molecule has 114 valence electrons. The second-order valence-electron chi connectivity index (χ2n) is 4.84. The van der Waals surface area contributed by atoms with Crippen LogP contribution < -0.4 is 11.1 Å². The quantitative estimate of drug-likeness (QED) is 0.601. The van der Waals surface area contributed by atoms with Gasteiger partial charge >= 0.3 is 0 Å². The Labute approximate surface area is 132 Å². The molecule has 0 atom stereocenters. The van der Waals surface area contributed by atoms with E-state index in [9.17, 15) is 4.79 Å². The SMILES string of the molecule is CSCCCCCNC(=O)c1cc(C#CCN)ccc1C. The van der Waals surface area contributed by atoms with E-state index in [2.05, 4.69) is 23.4 Å². The maximum absolute atomic E-state index is 12.2. The van der Waals surface area contributed by atoms with Gasteiger partial charge in [-0.05, 0) is 49.5 Å². The summed E-state index contributed by atoms with van der Waals surface area (Å²) >= 11 is 1.86. The predicted octanol–water partition coefficient (Wildman–Crippen LogP) is 2.57. The summed E-state index contributed by atoms with van der Waals surface area (Å²) in [6, 6.07) is 5.67. The summed E-state index contributed by atoms with van der Waals surface area (Å²) in [7, 11) is 0. The van der Waals surface area contributed by atoms with E-state index in [1.165, 1.54) is 12.2 Å². The van der Waals surface area contributed by atoms with Crippen LogP contribution in [0.25, 0.3) is 0 Å². The van der Waals surface area contributed by atoms with Gasteiger partial charge in [-0.25, -0.2) is 0 Å². The molecule has 0 fully saturated rings. The molecule has 0 bridgehead atoms. The molecule has 3 N–H and O–H groups in total. The lowest BCUT2D eigenvalue weighted by Crippen LogP contribution is -2.25. The lowest BCUT2D eigenvalue weighted by atomic mass is 10.0. The normalized spacial score (nSPS) is 9.86. The van der Waals surface area contributed by atoms with Gasteiger partial charge in [-0.2, -0.15) is 11.8 Å². The maximum Gasteiger partial charge on any atom is 0.251 e. The van der Waals surface area contributed by atoms with Crippen LogP contribution in [0.15, 0.2) is 18.2 Å². The largest absolute Gasteiger partial charge is 0.352 e. The van der Waals surface area contributed by atoms with Crippen molar-refractivity contribution in [3.8, 4) is 11.8 Å². The Morgan fingerprint density at radius 2 is 2.14 bits per heavy atom. The van der Waals surface area contributed by atoms with Gasteiger partial charge in [0.2, 0.25) is 0 Å². The molecule has 21 heavy (non-hydrogen) atoms. The van der Waals surface area contributed by atoms with Crippen LogP contribution in [0.4, 0.5) is 0 Å². The van der Waals surface area contributed by atoms with Gasteiger partial charge in [-0.1, -0.05) is 24.3 Å². The lowest BCUT2D eigenvalue weighted by Gasteiger charge is -2.08. The average Bonchev–Trinajstić information content (AvgIpc) is 2.49. The first-order valence-corrected chi connectivity index (χ1v) is 8.65. The molecule has 3 nitrogen and oxygen atoms in total. The Morgan fingerprint density at radius 3 is 2.86 bits per heavy atom. The van der Waals surface area contributed by atoms with Gasteiger partial charge in [0.25, 0.3) is 5.91 Å². The number of carbonyl (C=O) groups is 1. The second-order valence-corrected chi connectivity index (χ2v) is 5.83.